The lowest BCUT2D eigenvalue weighted by Crippen LogP contribution is -2.36. The van der Waals surface area contributed by atoms with Gasteiger partial charge in [-0.25, -0.2) is 4.79 Å². The highest BCUT2D eigenvalue weighted by molar-refractivity contribution is 5.75. The first-order valence-corrected chi connectivity index (χ1v) is 7.16. The third-order valence-electron chi connectivity index (χ3n) is 3.46. The van der Waals surface area contributed by atoms with Crippen molar-refractivity contribution in [3.8, 4) is 0 Å². The lowest BCUT2D eigenvalue weighted by Gasteiger charge is -2.28. The maximum absolute atomic E-state index is 12.4. The number of nitrogen functional groups attached to an aromatic ring is 1. The van der Waals surface area contributed by atoms with Gasteiger partial charge < -0.3 is 15.2 Å². The molecule has 2 N–H and O–H groups in total. The van der Waals surface area contributed by atoms with Crippen LogP contribution in [0.5, 0.6) is 0 Å². The molecule has 0 saturated heterocycles. The first-order valence-electron chi connectivity index (χ1n) is 7.16. The van der Waals surface area contributed by atoms with Crippen LogP contribution in [0.3, 0.4) is 0 Å². The summed E-state index contributed by atoms with van der Waals surface area (Å²) in [5.41, 5.74) is 7.67. The maximum Gasteiger partial charge on any atom is 0.411 e. The minimum atomic E-state index is -0.597. The van der Waals surface area contributed by atoms with Gasteiger partial charge in [-0.1, -0.05) is 6.07 Å². The van der Waals surface area contributed by atoms with Gasteiger partial charge in [0.2, 0.25) is 0 Å². The average Bonchev–Trinajstić information content (AvgIpc) is 2.74. The number of methoxy groups -OCH3 is 1. The Balaban J connectivity index is 2.29. The summed E-state index contributed by atoms with van der Waals surface area (Å²) >= 11 is 0. The van der Waals surface area contributed by atoms with Crippen molar-refractivity contribution in [2.45, 2.75) is 45.4 Å². The molecule has 1 aliphatic rings. The Hall–Kier alpha value is -2.24. The van der Waals surface area contributed by atoms with E-state index in [0.717, 1.165) is 11.1 Å². The molecule has 1 unspecified atom stereocenters. The number of ether oxygens (including phenoxy) is 2. The maximum atomic E-state index is 12.4. The minimum Gasteiger partial charge on any atom is -0.469 e. The zero-order valence-corrected chi connectivity index (χ0v) is 13.4. The number of rotatable bonds is 2. The lowest BCUT2D eigenvalue weighted by atomic mass is 10.0. The van der Waals surface area contributed by atoms with E-state index in [4.69, 9.17) is 15.2 Å². The number of nitrogens with zero attached hydrogens (tertiary/aromatic N) is 1. The predicted molar refractivity (Wildman–Crippen MR) is 82.0 cm³/mol. The number of carbonyl (C=O) groups is 2. The topological polar surface area (TPSA) is 81.9 Å². The van der Waals surface area contributed by atoms with Gasteiger partial charge in [0, 0.05) is 5.69 Å². The molecule has 0 spiro atoms. The first kappa shape index (κ1) is 16.1. The number of amides is 1. The van der Waals surface area contributed by atoms with Crippen LogP contribution < -0.4 is 5.73 Å². The highest BCUT2D eigenvalue weighted by Crippen LogP contribution is 2.38. The summed E-state index contributed by atoms with van der Waals surface area (Å²) in [6.07, 6.45) is -0.358. The van der Waals surface area contributed by atoms with Gasteiger partial charge in [-0.3, -0.25) is 9.69 Å². The van der Waals surface area contributed by atoms with Gasteiger partial charge in [0.05, 0.1) is 26.1 Å². The van der Waals surface area contributed by atoms with E-state index in [1.807, 2.05) is 12.1 Å². The summed E-state index contributed by atoms with van der Waals surface area (Å²) in [6.45, 7) is 5.79. The van der Waals surface area contributed by atoms with E-state index >= 15 is 0 Å². The number of hydrogen-bond acceptors (Lipinski definition) is 5. The number of benzene rings is 1. The highest BCUT2D eigenvalue weighted by Gasteiger charge is 2.37. The van der Waals surface area contributed by atoms with Crippen LogP contribution in [0.25, 0.3) is 0 Å². The molecule has 1 aromatic carbocycles. The first-order chi connectivity index (χ1) is 10.2. The fourth-order valence-corrected chi connectivity index (χ4v) is 2.52. The van der Waals surface area contributed by atoms with Crippen LogP contribution in [0.1, 0.15) is 44.4 Å². The van der Waals surface area contributed by atoms with E-state index in [1.165, 1.54) is 7.11 Å². The molecule has 120 valence electrons. The molecular weight excluding hydrogens is 284 g/mol. The molecular formula is C16H22N2O4. The Morgan fingerprint density at radius 3 is 2.64 bits per heavy atom. The molecule has 0 aliphatic carbocycles. The molecule has 6 nitrogen and oxygen atoms in total. The molecule has 1 amide bonds. The lowest BCUT2D eigenvalue weighted by molar-refractivity contribution is -0.141. The van der Waals surface area contributed by atoms with E-state index in [-0.39, 0.29) is 12.4 Å². The minimum absolute atomic E-state index is 0.0899. The third kappa shape index (κ3) is 3.50. The predicted octanol–water partition coefficient (Wildman–Crippen LogP) is 2.62. The summed E-state index contributed by atoms with van der Waals surface area (Å²) in [5.74, 6) is -0.372. The van der Waals surface area contributed by atoms with Gasteiger partial charge in [-0.15, -0.1) is 0 Å². The SMILES string of the molecule is COC(=O)CC1c2ccc(N)cc2CN1C(=O)OC(C)(C)C. The summed E-state index contributed by atoms with van der Waals surface area (Å²) in [5, 5.41) is 0. The van der Waals surface area contributed by atoms with Crippen molar-refractivity contribution in [1.82, 2.24) is 4.90 Å². The van der Waals surface area contributed by atoms with Gasteiger partial charge in [0.25, 0.3) is 0 Å². The Kier molecular flexibility index (Phi) is 4.30. The standard InChI is InChI=1S/C16H22N2O4/c1-16(2,3)22-15(20)18-9-10-7-11(17)5-6-12(10)13(18)8-14(19)21-4/h5-7,13H,8-9,17H2,1-4H3. The second kappa shape index (κ2) is 5.87. The van der Waals surface area contributed by atoms with Gasteiger partial charge in [-0.2, -0.15) is 0 Å². The van der Waals surface area contributed by atoms with E-state index in [2.05, 4.69) is 0 Å². The van der Waals surface area contributed by atoms with Crippen LogP contribution in [-0.4, -0.2) is 29.7 Å². The van der Waals surface area contributed by atoms with Crippen LogP contribution in [-0.2, 0) is 20.8 Å². The second-order valence-electron chi connectivity index (χ2n) is 6.36. The van der Waals surface area contributed by atoms with Crippen LogP contribution in [0.2, 0.25) is 0 Å². The van der Waals surface area contributed by atoms with Crippen molar-refractivity contribution in [1.29, 1.82) is 0 Å². The highest BCUT2D eigenvalue weighted by atomic mass is 16.6. The van der Waals surface area contributed by atoms with E-state index in [9.17, 15) is 9.59 Å². The summed E-state index contributed by atoms with van der Waals surface area (Å²) in [4.78, 5) is 25.6. The summed E-state index contributed by atoms with van der Waals surface area (Å²) < 4.78 is 10.2. The van der Waals surface area contributed by atoms with Crippen LogP contribution in [0.4, 0.5) is 10.5 Å². The Morgan fingerprint density at radius 2 is 2.05 bits per heavy atom. The van der Waals surface area contributed by atoms with Crippen molar-refractivity contribution < 1.29 is 19.1 Å². The van der Waals surface area contributed by atoms with Crippen molar-refractivity contribution in [3.05, 3.63) is 29.3 Å². The zero-order valence-electron chi connectivity index (χ0n) is 13.4. The number of esters is 1. The number of fused-ring (bicyclic) bond motifs is 1. The normalized spacial score (nSPS) is 17.1. The van der Waals surface area contributed by atoms with Crippen molar-refractivity contribution in [2.75, 3.05) is 12.8 Å². The van der Waals surface area contributed by atoms with E-state index < -0.39 is 17.7 Å². The molecule has 1 atom stereocenters. The van der Waals surface area contributed by atoms with Crippen molar-refractivity contribution in [2.24, 2.45) is 0 Å². The van der Waals surface area contributed by atoms with Crippen molar-refractivity contribution >= 4 is 17.7 Å². The average molecular weight is 306 g/mol. The molecule has 2 rings (SSSR count). The summed E-state index contributed by atoms with van der Waals surface area (Å²) in [7, 11) is 1.33. The quantitative estimate of drug-likeness (QED) is 0.671. The smallest absolute Gasteiger partial charge is 0.411 e. The Bertz CT molecular complexity index is 592. The number of nitrogens with two attached hydrogens (primary N) is 1. The second-order valence-corrected chi connectivity index (χ2v) is 6.36. The Morgan fingerprint density at radius 1 is 1.36 bits per heavy atom. The molecule has 1 aromatic rings. The largest absolute Gasteiger partial charge is 0.469 e. The zero-order chi connectivity index (χ0) is 16.5. The monoisotopic (exact) mass is 306 g/mol. The van der Waals surface area contributed by atoms with Crippen LogP contribution in [0.15, 0.2) is 18.2 Å². The van der Waals surface area contributed by atoms with Crippen molar-refractivity contribution in [3.63, 3.8) is 0 Å². The van der Waals surface area contributed by atoms with E-state index in [0.29, 0.717) is 12.2 Å². The van der Waals surface area contributed by atoms with Crippen LogP contribution in [0, 0.1) is 0 Å². The molecule has 6 heteroatoms. The summed E-state index contributed by atoms with van der Waals surface area (Å²) in [6, 6.07) is 5.05. The molecule has 0 fully saturated rings. The van der Waals surface area contributed by atoms with Gasteiger partial charge in [0.15, 0.2) is 0 Å². The molecule has 1 aliphatic heterocycles. The molecule has 0 bridgehead atoms. The number of carbonyl (C=O) groups excluding carboxylic acids is 2. The molecule has 0 radical (unpaired) electrons. The fraction of sp³-hybridized carbons (Fsp3) is 0.500. The van der Waals surface area contributed by atoms with Gasteiger partial charge >= 0.3 is 12.1 Å². The van der Waals surface area contributed by atoms with Gasteiger partial charge in [0.1, 0.15) is 5.60 Å². The number of anilines is 1. The molecule has 0 aromatic heterocycles. The van der Waals surface area contributed by atoms with E-state index in [1.54, 1.807) is 31.7 Å². The molecule has 22 heavy (non-hydrogen) atoms. The third-order valence-corrected chi connectivity index (χ3v) is 3.46. The Labute approximate surface area is 130 Å². The van der Waals surface area contributed by atoms with Crippen LogP contribution >= 0.6 is 0 Å². The fourth-order valence-electron chi connectivity index (χ4n) is 2.52. The molecule has 0 saturated carbocycles. The number of hydrogen-bond donors (Lipinski definition) is 1. The molecule has 1 heterocycles. The van der Waals surface area contributed by atoms with Gasteiger partial charge in [-0.05, 0) is 44.0 Å².